The van der Waals surface area contributed by atoms with Crippen molar-refractivity contribution in [3.8, 4) is 12.3 Å². The number of nitrogens with one attached hydrogen (secondary N) is 2. The van der Waals surface area contributed by atoms with E-state index < -0.39 is 0 Å². The molecule has 1 rings (SSSR count). The van der Waals surface area contributed by atoms with Crippen LogP contribution in [0.3, 0.4) is 0 Å². The molecule has 0 aliphatic carbocycles. The molecule has 0 radical (unpaired) electrons. The first-order valence-corrected chi connectivity index (χ1v) is 4.92. The van der Waals surface area contributed by atoms with Crippen molar-refractivity contribution in [3.05, 3.63) is 12.2 Å². The maximum Gasteiger partial charge on any atom is 0.234 e. The summed E-state index contributed by atoms with van der Waals surface area (Å²) < 4.78 is 1.76. The van der Waals surface area contributed by atoms with Gasteiger partial charge in [0, 0.05) is 7.05 Å². The number of aryl methyl sites for hydroxylation is 1. The van der Waals surface area contributed by atoms with Gasteiger partial charge < -0.3 is 9.88 Å². The van der Waals surface area contributed by atoms with E-state index in [-0.39, 0.29) is 18.5 Å². The maximum atomic E-state index is 11.4. The van der Waals surface area contributed by atoms with E-state index >= 15 is 0 Å². The van der Waals surface area contributed by atoms with Crippen LogP contribution in [0.2, 0.25) is 0 Å². The Hall–Kier alpha value is -1.87. The number of hydrogen-bond donors (Lipinski definition) is 2. The molecule has 1 amide bonds. The summed E-state index contributed by atoms with van der Waals surface area (Å²) in [5.74, 6) is 2.99. The molecule has 6 heteroatoms. The first-order chi connectivity index (χ1) is 7.65. The molecule has 0 saturated carbocycles. The van der Waals surface area contributed by atoms with Crippen LogP contribution in [-0.4, -0.2) is 33.8 Å². The van der Waals surface area contributed by atoms with Crippen LogP contribution in [0.25, 0.3) is 0 Å². The van der Waals surface area contributed by atoms with Crippen molar-refractivity contribution in [2.24, 2.45) is 7.05 Å². The van der Waals surface area contributed by atoms with Crippen molar-refractivity contribution < 1.29 is 4.79 Å². The fraction of sp³-hybridized carbons (Fsp3) is 0.500. The summed E-state index contributed by atoms with van der Waals surface area (Å²) in [7, 11) is 1.83. The molecule has 1 aromatic rings. The van der Waals surface area contributed by atoms with E-state index in [9.17, 15) is 4.79 Å². The minimum atomic E-state index is -0.173. The molecule has 86 valence electrons. The Morgan fingerprint density at radius 1 is 1.75 bits per heavy atom. The van der Waals surface area contributed by atoms with Crippen molar-refractivity contribution in [1.29, 1.82) is 0 Å². The van der Waals surface area contributed by atoms with E-state index in [4.69, 9.17) is 6.42 Å². The summed E-state index contributed by atoms with van der Waals surface area (Å²) in [6, 6.07) is -0.173. The van der Waals surface area contributed by atoms with E-state index in [0.29, 0.717) is 12.4 Å². The van der Waals surface area contributed by atoms with Gasteiger partial charge in [-0.15, -0.1) is 16.6 Å². The first-order valence-electron chi connectivity index (χ1n) is 4.92. The van der Waals surface area contributed by atoms with Gasteiger partial charge in [0.2, 0.25) is 5.91 Å². The van der Waals surface area contributed by atoms with E-state index in [1.165, 1.54) is 0 Å². The van der Waals surface area contributed by atoms with Gasteiger partial charge in [-0.1, -0.05) is 5.92 Å². The summed E-state index contributed by atoms with van der Waals surface area (Å²) >= 11 is 0. The van der Waals surface area contributed by atoms with Gasteiger partial charge in [0.15, 0.2) is 5.82 Å². The Balaban J connectivity index is 2.40. The Morgan fingerprint density at radius 2 is 2.50 bits per heavy atom. The Kier molecular flexibility index (Phi) is 4.48. The summed E-state index contributed by atoms with van der Waals surface area (Å²) in [6.45, 7) is 2.43. The Bertz CT molecular complexity index is 392. The van der Waals surface area contributed by atoms with Crippen molar-refractivity contribution in [3.63, 3.8) is 0 Å². The van der Waals surface area contributed by atoms with Crippen LogP contribution in [0.5, 0.6) is 0 Å². The third-order valence-electron chi connectivity index (χ3n) is 2.02. The molecule has 0 bridgehead atoms. The second-order valence-corrected chi connectivity index (χ2v) is 3.40. The molecule has 0 spiro atoms. The highest BCUT2D eigenvalue weighted by Gasteiger charge is 2.13. The lowest BCUT2D eigenvalue weighted by Gasteiger charge is -2.12. The predicted molar refractivity (Wildman–Crippen MR) is 59.3 cm³/mol. The standard InChI is InChI=1S/C10H15N5O/c1-4-5-11-6-9(16)13-8(2)10-14-12-7-15(10)3/h1,7-8,11H,5-6H2,2-3H3,(H,13,16). The smallest absolute Gasteiger partial charge is 0.234 e. The molecule has 0 aliphatic heterocycles. The monoisotopic (exact) mass is 221 g/mol. The Labute approximate surface area is 94.4 Å². The average molecular weight is 221 g/mol. The van der Waals surface area contributed by atoms with E-state index in [1.54, 1.807) is 10.9 Å². The fourth-order valence-corrected chi connectivity index (χ4v) is 1.29. The lowest BCUT2D eigenvalue weighted by atomic mass is 10.3. The lowest BCUT2D eigenvalue weighted by molar-refractivity contribution is -0.120. The molecule has 2 N–H and O–H groups in total. The van der Waals surface area contributed by atoms with Crippen LogP contribution in [0.15, 0.2) is 6.33 Å². The number of aromatic nitrogens is 3. The van der Waals surface area contributed by atoms with Gasteiger partial charge in [0.1, 0.15) is 6.33 Å². The van der Waals surface area contributed by atoms with Crippen molar-refractivity contribution in [1.82, 2.24) is 25.4 Å². The molecule has 6 nitrogen and oxygen atoms in total. The van der Waals surface area contributed by atoms with Gasteiger partial charge in [0.25, 0.3) is 0 Å². The van der Waals surface area contributed by atoms with Crippen molar-refractivity contribution in [2.75, 3.05) is 13.1 Å². The van der Waals surface area contributed by atoms with Crippen LogP contribution in [0.1, 0.15) is 18.8 Å². The zero-order valence-corrected chi connectivity index (χ0v) is 9.40. The van der Waals surface area contributed by atoms with Gasteiger partial charge in [-0.2, -0.15) is 0 Å². The number of rotatable bonds is 5. The lowest BCUT2D eigenvalue weighted by Crippen LogP contribution is -2.36. The third kappa shape index (κ3) is 3.37. The molecule has 1 atom stereocenters. The van der Waals surface area contributed by atoms with E-state index in [2.05, 4.69) is 26.8 Å². The second-order valence-electron chi connectivity index (χ2n) is 3.40. The van der Waals surface area contributed by atoms with E-state index in [0.717, 1.165) is 0 Å². The molecular weight excluding hydrogens is 206 g/mol. The number of carbonyl (C=O) groups excluding carboxylic acids is 1. The number of nitrogens with zero attached hydrogens (tertiary/aromatic N) is 3. The zero-order valence-electron chi connectivity index (χ0n) is 9.40. The molecule has 0 aromatic carbocycles. The van der Waals surface area contributed by atoms with E-state index in [1.807, 2.05) is 14.0 Å². The van der Waals surface area contributed by atoms with Crippen molar-refractivity contribution in [2.45, 2.75) is 13.0 Å². The number of hydrogen-bond acceptors (Lipinski definition) is 4. The maximum absolute atomic E-state index is 11.4. The van der Waals surface area contributed by atoms with Gasteiger partial charge in [-0.3, -0.25) is 10.1 Å². The molecule has 0 saturated heterocycles. The zero-order chi connectivity index (χ0) is 12.0. The van der Waals surface area contributed by atoms with Crippen LogP contribution in [-0.2, 0) is 11.8 Å². The van der Waals surface area contributed by atoms with Crippen LogP contribution >= 0.6 is 0 Å². The fourth-order valence-electron chi connectivity index (χ4n) is 1.29. The van der Waals surface area contributed by atoms with Crippen LogP contribution in [0, 0.1) is 12.3 Å². The number of amides is 1. The molecule has 16 heavy (non-hydrogen) atoms. The molecule has 1 heterocycles. The molecule has 1 aromatic heterocycles. The molecule has 0 fully saturated rings. The third-order valence-corrected chi connectivity index (χ3v) is 2.02. The normalized spacial score (nSPS) is 11.8. The number of terminal acetylenes is 1. The Morgan fingerprint density at radius 3 is 3.06 bits per heavy atom. The van der Waals surface area contributed by atoms with Crippen LogP contribution in [0.4, 0.5) is 0 Å². The largest absolute Gasteiger partial charge is 0.345 e. The predicted octanol–water partition coefficient (Wildman–Crippen LogP) is -0.785. The highest BCUT2D eigenvalue weighted by molar-refractivity contribution is 5.78. The molecule has 1 unspecified atom stereocenters. The van der Waals surface area contributed by atoms with Gasteiger partial charge in [-0.25, -0.2) is 0 Å². The summed E-state index contributed by atoms with van der Waals surface area (Å²) in [5.41, 5.74) is 0. The topological polar surface area (TPSA) is 71.8 Å². The quantitative estimate of drug-likeness (QED) is 0.505. The van der Waals surface area contributed by atoms with Crippen LogP contribution < -0.4 is 10.6 Å². The summed E-state index contributed by atoms with van der Waals surface area (Å²) in [6.07, 6.45) is 6.64. The average Bonchev–Trinajstić information content (AvgIpc) is 2.65. The first kappa shape index (κ1) is 12.2. The number of carbonyl (C=O) groups is 1. The second kappa shape index (κ2) is 5.88. The highest BCUT2D eigenvalue weighted by Crippen LogP contribution is 2.05. The van der Waals surface area contributed by atoms with Gasteiger partial charge in [0.05, 0.1) is 19.1 Å². The molecular formula is C10H15N5O. The SMILES string of the molecule is C#CCNCC(=O)NC(C)c1nncn1C. The van der Waals surface area contributed by atoms with Crippen molar-refractivity contribution >= 4 is 5.91 Å². The summed E-state index contributed by atoms with van der Waals surface area (Å²) in [5, 5.41) is 13.3. The van der Waals surface area contributed by atoms with Gasteiger partial charge >= 0.3 is 0 Å². The minimum absolute atomic E-state index is 0.120. The van der Waals surface area contributed by atoms with Gasteiger partial charge in [-0.05, 0) is 6.92 Å². The minimum Gasteiger partial charge on any atom is -0.345 e. The molecule has 0 aliphatic rings. The summed E-state index contributed by atoms with van der Waals surface area (Å²) in [4.78, 5) is 11.4. The highest BCUT2D eigenvalue weighted by atomic mass is 16.2.